The van der Waals surface area contributed by atoms with Crippen LogP contribution in [0.2, 0.25) is 19.6 Å². The first-order valence-corrected chi connectivity index (χ1v) is 23.0. The monoisotopic (exact) mass is 893 g/mol. The Morgan fingerprint density at radius 1 is 0.731 bits per heavy atom. The number of carbonyl (C=O) groups is 1. The Bertz CT molecular complexity index is 1950. The maximum Gasteiger partial charge on any atom is 0.162 e. The van der Waals surface area contributed by atoms with Gasteiger partial charge >= 0.3 is 0 Å². The summed E-state index contributed by atoms with van der Waals surface area (Å²) in [5.41, 5.74) is 4.86. The van der Waals surface area contributed by atoms with E-state index in [4.69, 9.17) is 4.98 Å². The predicted molar refractivity (Wildman–Crippen MR) is 225 cm³/mol. The molecular formula is C47H62IrNO2Si-. The molecule has 0 aliphatic rings. The van der Waals surface area contributed by atoms with E-state index in [0.717, 1.165) is 49.8 Å². The van der Waals surface area contributed by atoms with Gasteiger partial charge in [-0.25, -0.2) is 0 Å². The standard InChI is InChI=1S/C34H38NSi.C13H24O2.Ir/c1-22(2)16-24-18-25(17-23(3)4)20-26(19-24)34-31-13-12-28-27-10-8-9-11-30(27)33(36(5,6)7)21-32(28)29(31)14-15-35-34;1-5-10(6-2)12(14)9-13(15)11(7-3)8-4;/h8-15,18-19,21-23H,16-17H2,1-7H3;9-11,14H,5-8H2,1-4H3;/q-1;;/b;12-9-;. The van der Waals surface area contributed by atoms with Gasteiger partial charge in [0.2, 0.25) is 0 Å². The molecular weight excluding hydrogens is 831 g/mol. The number of pyridine rings is 1. The zero-order valence-corrected chi connectivity index (χ0v) is 37.0. The number of carbonyl (C=O) groups excluding carboxylic acids is 1. The van der Waals surface area contributed by atoms with Gasteiger partial charge in [-0.2, -0.15) is 0 Å². The Labute approximate surface area is 329 Å². The van der Waals surface area contributed by atoms with E-state index in [1.807, 2.05) is 33.9 Å². The number of aliphatic hydroxyl groups is 1. The second kappa shape index (κ2) is 19.3. The van der Waals surface area contributed by atoms with Gasteiger partial charge in [0.05, 0.1) is 13.8 Å². The Kier molecular flexibility index (Phi) is 16.1. The third-order valence-corrected chi connectivity index (χ3v) is 12.2. The van der Waals surface area contributed by atoms with Crippen LogP contribution in [0.25, 0.3) is 43.6 Å². The number of hydrogen-bond donors (Lipinski definition) is 1. The average Bonchev–Trinajstić information content (AvgIpc) is 3.07. The first-order valence-electron chi connectivity index (χ1n) is 19.5. The molecule has 0 atom stereocenters. The summed E-state index contributed by atoms with van der Waals surface area (Å²) in [6, 6.07) is 26.7. The second-order valence-corrected chi connectivity index (χ2v) is 21.3. The van der Waals surface area contributed by atoms with Crippen molar-refractivity contribution >= 4 is 51.4 Å². The maximum absolute atomic E-state index is 11.7. The van der Waals surface area contributed by atoms with Gasteiger partial charge in [-0.05, 0) is 94.4 Å². The van der Waals surface area contributed by atoms with E-state index in [2.05, 4.69) is 114 Å². The van der Waals surface area contributed by atoms with Crippen LogP contribution in [0, 0.1) is 29.7 Å². The molecule has 3 nitrogen and oxygen atoms in total. The van der Waals surface area contributed by atoms with Gasteiger partial charge in [0.15, 0.2) is 5.78 Å². The maximum atomic E-state index is 11.7. The third kappa shape index (κ3) is 10.5. The first-order chi connectivity index (χ1) is 24.2. The molecule has 1 radical (unpaired) electrons. The van der Waals surface area contributed by atoms with E-state index in [1.165, 1.54) is 54.7 Å². The van der Waals surface area contributed by atoms with Gasteiger partial charge in [-0.1, -0.05) is 123 Å². The molecule has 0 fully saturated rings. The van der Waals surface area contributed by atoms with Crippen LogP contribution in [-0.2, 0) is 37.7 Å². The molecule has 0 saturated heterocycles. The van der Waals surface area contributed by atoms with E-state index in [9.17, 15) is 9.90 Å². The van der Waals surface area contributed by atoms with E-state index in [1.54, 1.807) is 0 Å². The molecule has 0 bridgehead atoms. The number of fused-ring (bicyclic) bond motifs is 5. The molecule has 5 rings (SSSR count). The number of benzene rings is 4. The largest absolute Gasteiger partial charge is 0.512 e. The van der Waals surface area contributed by atoms with Crippen molar-refractivity contribution in [1.29, 1.82) is 0 Å². The minimum absolute atomic E-state index is 0. The van der Waals surface area contributed by atoms with Gasteiger partial charge < -0.3 is 10.1 Å². The number of rotatable bonds is 13. The molecule has 5 heteroatoms. The summed E-state index contributed by atoms with van der Waals surface area (Å²) in [6.07, 6.45) is 9.01. The minimum atomic E-state index is -1.55. The van der Waals surface area contributed by atoms with Gasteiger partial charge in [0, 0.05) is 44.2 Å². The van der Waals surface area contributed by atoms with Gasteiger partial charge in [0.1, 0.15) is 0 Å². The first kappa shape index (κ1) is 43.3. The van der Waals surface area contributed by atoms with Crippen molar-refractivity contribution in [2.45, 2.75) is 114 Å². The van der Waals surface area contributed by atoms with Crippen LogP contribution in [-0.4, -0.2) is 23.9 Å². The summed E-state index contributed by atoms with van der Waals surface area (Å²) >= 11 is 0. The summed E-state index contributed by atoms with van der Waals surface area (Å²) in [5, 5.41) is 19.2. The molecule has 0 amide bonds. The molecule has 4 aromatic carbocycles. The van der Waals surface area contributed by atoms with E-state index >= 15 is 0 Å². The van der Waals surface area contributed by atoms with Crippen molar-refractivity contribution in [3.05, 3.63) is 95.9 Å². The van der Waals surface area contributed by atoms with Crippen LogP contribution in [0.4, 0.5) is 0 Å². The molecule has 52 heavy (non-hydrogen) atoms. The summed E-state index contributed by atoms with van der Waals surface area (Å²) in [6.45, 7) is 24.6. The van der Waals surface area contributed by atoms with Crippen LogP contribution in [0.5, 0.6) is 0 Å². The predicted octanol–water partition coefficient (Wildman–Crippen LogP) is 12.8. The van der Waals surface area contributed by atoms with Crippen molar-refractivity contribution in [3.8, 4) is 11.3 Å². The molecule has 281 valence electrons. The summed E-state index contributed by atoms with van der Waals surface area (Å²) in [5.74, 6) is 1.76. The third-order valence-electron chi connectivity index (χ3n) is 10.2. The van der Waals surface area contributed by atoms with Crippen LogP contribution in [0.15, 0.2) is 78.7 Å². The van der Waals surface area contributed by atoms with Crippen LogP contribution >= 0.6 is 0 Å². The van der Waals surface area contributed by atoms with Crippen molar-refractivity contribution in [3.63, 3.8) is 0 Å². The molecule has 0 spiro atoms. The number of aromatic nitrogens is 1. The van der Waals surface area contributed by atoms with Crippen LogP contribution in [0.3, 0.4) is 0 Å². The number of nitrogens with zero attached hydrogens (tertiary/aromatic N) is 1. The normalized spacial score (nSPS) is 12.2. The number of allylic oxidation sites excluding steroid dienone is 2. The Hall–Kier alpha value is -3.11. The summed E-state index contributed by atoms with van der Waals surface area (Å²) < 4.78 is 0. The molecule has 0 aliphatic carbocycles. The fourth-order valence-electron chi connectivity index (χ4n) is 7.42. The smallest absolute Gasteiger partial charge is 0.162 e. The molecule has 5 aromatic rings. The Balaban J connectivity index is 0.000000389. The fourth-order valence-corrected chi connectivity index (χ4v) is 9.02. The minimum Gasteiger partial charge on any atom is -0.512 e. The van der Waals surface area contributed by atoms with Crippen LogP contribution in [0.1, 0.15) is 92.2 Å². The van der Waals surface area contributed by atoms with Gasteiger partial charge in [0.25, 0.3) is 0 Å². The van der Waals surface area contributed by atoms with Crippen molar-refractivity contribution < 1.29 is 30.0 Å². The van der Waals surface area contributed by atoms with E-state index in [0.29, 0.717) is 11.8 Å². The fraction of sp³-hybridized carbons (Fsp3) is 0.447. The zero-order chi connectivity index (χ0) is 37.5. The van der Waals surface area contributed by atoms with Gasteiger partial charge in [-0.3, -0.25) is 4.79 Å². The van der Waals surface area contributed by atoms with E-state index in [-0.39, 0.29) is 43.5 Å². The molecule has 1 N–H and O–H groups in total. The molecule has 1 aromatic heterocycles. The van der Waals surface area contributed by atoms with Crippen molar-refractivity contribution in [1.82, 2.24) is 4.98 Å². The topological polar surface area (TPSA) is 50.2 Å². The number of aliphatic hydroxyl groups excluding tert-OH is 1. The Morgan fingerprint density at radius 3 is 1.87 bits per heavy atom. The van der Waals surface area contributed by atoms with Crippen molar-refractivity contribution in [2.75, 3.05) is 0 Å². The molecule has 1 heterocycles. The molecule has 0 unspecified atom stereocenters. The second-order valence-electron chi connectivity index (χ2n) is 16.3. The van der Waals surface area contributed by atoms with Gasteiger partial charge in [-0.15, -0.1) is 34.9 Å². The zero-order valence-electron chi connectivity index (χ0n) is 33.6. The molecule has 0 saturated carbocycles. The van der Waals surface area contributed by atoms with Crippen LogP contribution < -0.4 is 5.19 Å². The van der Waals surface area contributed by atoms with Crippen molar-refractivity contribution in [2.24, 2.45) is 23.7 Å². The van der Waals surface area contributed by atoms with E-state index < -0.39 is 8.07 Å². The number of hydrogen-bond acceptors (Lipinski definition) is 3. The molecule has 0 aliphatic heterocycles. The quantitative estimate of drug-likeness (QED) is 0.0421. The number of ketones is 1. The summed E-state index contributed by atoms with van der Waals surface area (Å²) in [4.78, 5) is 16.7. The average molecular weight is 893 g/mol. The Morgan fingerprint density at radius 2 is 1.29 bits per heavy atom. The summed E-state index contributed by atoms with van der Waals surface area (Å²) in [7, 11) is -1.55. The SMILES string of the molecule is CC(C)Cc1[c-]c(-c2nccc3c2ccc2c4ccccc4c([Si](C)(C)C)cc32)cc(CC(C)C)c1.CCC(CC)C(=O)/C=C(\O)C(CC)CC.[Ir].